The Hall–Kier alpha value is -1.06. The summed E-state index contributed by atoms with van der Waals surface area (Å²) >= 11 is 9.31. The van der Waals surface area contributed by atoms with Gasteiger partial charge < -0.3 is 5.32 Å². The third-order valence-electron chi connectivity index (χ3n) is 2.69. The summed E-state index contributed by atoms with van der Waals surface area (Å²) in [5.41, 5.74) is 2.46. The van der Waals surface area contributed by atoms with Crippen LogP contribution in [0.3, 0.4) is 0 Å². The molecule has 0 amide bonds. The highest BCUT2D eigenvalue weighted by atomic mass is 79.9. The number of nitrogens with one attached hydrogen (secondary N) is 1. The number of para-hydroxylation sites is 1. The van der Waals surface area contributed by atoms with Gasteiger partial charge in [-0.05, 0) is 36.2 Å². The van der Waals surface area contributed by atoms with Crippen LogP contribution in [0.2, 0.25) is 5.02 Å². The van der Waals surface area contributed by atoms with Crippen LogP contribution in [0.25, 0.3) is 0 Å². The van der Waals surface area contributed by atoms with Gasteiger partial charge in [-0.1, -0.05) is 45.7 Å². The van der Waals surface area contributed by atoms with Crippen LogP contribution >= 0.6 is 27.5 Å². The van der Waals surface area contributed by atoms with Crippen molar-refractivity contribution in [2.75, 3.05) is 5.32 Å². The van der Waals surface area contributed by atoms with Gasteiger partial charge in [0.15, 0.2) is 0 Å². The van der Waals surface area contributed by atoms with Crippen LogP contribution in [0.1, 0.15) is 11.1 Å². The van der Waals surface area contributed by atoms with Gasteiger partial charge in [-0.15, -0.1) is 0 Å². The van der Waals surface area contributed by atoms with Crippen molar-refractivity contribution < 1.29 is 4.39 Å². The van der Waals surface area contributed by atoms with Crippen LogP contribution in [0.5, 0.6) is 0 Å². The molecule has 0 aliphatic heterocycles. The van der Waals surface area contributed by atoms with Crippen molar-refractivity contribution in [3.8, 4) is 0 Å². The Balaban J connectivity index is 2.16. The molecule has 0 aliphatic rings. The van der Waals surface area contributed by atoms with Gasteiger partial charge in [-0.25, -0.2) is 4.39 Å². The first-order chi connectivity index (χ1) is 8.58. The number of anilines is 1. The molecule has 1 N–H and O–H groups in total. The average Bonchev–Trinajstić information content (AvgIpc) is 2.31. The summed E-state index contributed by atoms with van der Waals surface area (Å²) in [7, 11) is 0. The molecule has 1 nitrogen and oxygen atoms in total. The van der Waals surface area contributed by atoms with Gasteiger partial charge >= 0.3 is 0 Å². The van der Waals surface area contributed by atoms with Crippen LogP contribution in [0.15, 0.2) is 40.9 Å². The standard InChI is InChI=1S/C14H12BrClFN/c1-9-3-2-4-13(17)14(9)18-8-10-5-6-11(16)7-12(10)15/h2-7,18H,8H2,1H3. The summed E-state index contributed by atoms with van der Waals surface area (Å²) in [6.45, 7) is 2.42. The third-order valence-corrected chi connectivity index (χ3v) is 3.67. The molecule has 0 atom stereocenters. The largest absolute Gasteiger partial charge is 0.378 e. The number of hydrogen-bond donors (Lipinski definition) is 1. The molecular weight excluding hydrogens is 317 g/mol. The topological polar surface area (TPSA) is 12.0 Å². The van der Waals surface area contributed by atoms with E-state index in [1.165, 1.54) is 6.07 Å². The summed E-state index contributed by atoms with van der Waals surface area (Å²) in [6, 6.07) is 10.6. The fourth-order valence-corrected chi connectivity index (χ4v) is 2.53. The van der Waals surface area contributed by atoms with Crippen molar-refractivity contribution in [3.63, 3.8) is 0 Å². The van der Waals surface area contributed by atoms with Crippen molar-refractivity contribution in [2.45, 2.75) is 13.5 Å². The molecule has 0 radical (unpaired) electrons. The van der Waals surface area contributed by atoms with Crippen molar-refractivity contribution in [2.24, 2.45) is 0 Å². The molecule has 0 saturated heterocycles. The number of hydrogen-bond acceptors (Lipinski definition) is 1. The van der Waals surface area contributed by atoms with E-state index in [2.05, 4.69) is 21.2 Å². The van der Waals surface area contributed by atoms with Gasteiger partial charge in [0.1, 0.15) is 5.82 Å². The lowest BCUT2D eigenvalue weighted by atomic mass is 10.1. The van der Waals surface area contributed by atoms with Gasteiger partial charge in [-0.2, -0.15) is 0 Å². The molecule has 0 aromatic heterocycles. The molecule has 0 spiro atoms. The SMILES string of the molecule is Cc1cccc(F)c1NCc1ccc(Cl)cc1Br. The zero-order valence-corrected chi connectivity index (χ0v) is 12.1. The van der Waals surface area contributed by atoms with Gasteiger partial charge in [0, 0.05) is 16.0 Å². The number of aryl methyl sites for hydroxylation is 1. The van der Waals surface area contributed by atoms with E-state index in [9.17, 15) is 4.39 Å². The monoisotopic (exact) mass is 327 g/mol. The van der Waals surface area contributed by atoms with Crippen LogP contribution in [-0.2, 0) is 6.54 Å². The van der Waals surface area contributed by atoms with Gasteiger partial charge in [0.05, 0.1) is 5.69 Å². The molecule has 0 saturated carbocycles. The summed E-state index contributed by atoms with van der Waals surface area (Å²) in [4.78, 5) is 0. The molecule has 0 unspecified atom stereocenters. The predicted molar refractivity (Wildman–Crippen MR) is 77.6 cm³/mol. The van der Waals surface area contributed by atoms with E-state index in [4.69, 9.17) is 11.6 Å². The molecule has 18 heavy (non-hydrogen) atoms. The van der Waals surface area contributed by atoms with E-state index in [-0.39, 0.29) is 5.82 Å². The van der Waals surface area contributed by atoms with Crippen LogP contribution in [0.4, 0.5) is 10.1 Å². The molecule has 2 rings (SSSR count). The molecule has 2 aromatic rings. The second kappa shape index (κ2) is 5.72. The Morgan fingerprint density at radius 3 is 2.72 bits per heavy atom. The molecule has 4 heteroatoms. The Morgan fingerprint density at radius 2 is 2.06 bits per heavy atom. The summed E-state index contributed by atoms with van der Waals surface area (Å²) in [6.07, 6.45) is 0. The van der Waals surface area contributed by atoms with E-state index in [1.54, 1.807) is 6.07 Å². The lowest BCUT2D eigenvalue weighted by Gasteiger charge is -2.11. The maximum Gasteiger partial charge on any atom is 0.146 e. The first-order valence-electron chi connectivity index (χ1n) is 5.51. The molecule has 0 heterocycles. The first-order valence-corrected chi connectivity index (χ1v) is 6.68. The minimum Gasteiger partial charge on any atom is -0.378 e. The summed E-state index contributed by atoms with van der Waals surface area (Å²) < 4.78 is 14.5. The minimum atomic E-state index is -0.236. The Bertz CT molecular complexity index is 551. The molecule has 2 aromatic carbocycles. The fraction of sp³-hybridized carbons (Fsp3) is 0.143. The predicted octanol–water partition coefficient (Wildman–Crippen LogP) is 5.16. The maximum absolute atomic E-state index is 13.6. The van der Waals surface area contributed by atoms with Crippen molar-refractivity contribution in [3.05, 3.63) is 62.8 Å². The molecular formula is C14H12BrClFN. The molecule has 0 aliphatic carbocycles. The zero-order chi connectivity index (χ0) is 13.1. The smallest absolute Gasteiger partial charge is 0.146 e. The lowest BCUT2D eigenvalue weighted by molar-refractivity contribution is 0.629. The normalized spacial score (nSPS) is 10.4. The zero-order valence-electron chi connectivity index (χ0n) is 9.81. The van der Waals surface area contributed by atoms with E-state index < -0.39 is 0 Å². The summed E-state index contributed by atoms with van der Waals surface area (Å²) in [5.74, 6) is -0.236. The van der Waals surface area contributed by atoms with Gasteiger partial charge in [0.2, 0.25) is 0 Å². The summed E-state index contributed by atoms with van der Waals surface area (Å²) in [5, 5.41) is 3.78. The van der Waals surface area contributed by atoms with Gasteiger partial charge in [-0.3, -0.25) is 0 Å². The Labute approximate surface area is 119 Å². The van der Waals surface area contributed by atoms with E-state index >= 15 is 0 Å². The highest BCUT2D eigenvalue weighted by molar-refractivity contribution is 9.10. The van der Waals surface area contributed by atoms with Crippen LogP contribution < -0.4 is 5.32 Å². The Morgan fingerprint density at radius 1 is 1.28 bits per heavy atom. The van der Waals surface area contributed by atoms with E-state index in [1.807, 2.05) is 31.2 Å². The highest BCUT2D eigenvalue weighted by Gasteiger charge is 2.06. The highest BCUT2D eigenvalue weighted by Crippen LogP contribution is 2.24. The fourth-order valence-electron chi connectivity index (χ4n) is 1.70. The van der Waals surface area contributed by atoms with Crippen molar-refractivity contribution in [1.29, 1.82) is 0 Å². The molecule has 0 bridgehead atoms. The first kappa shape index (κ1) is 13.4. The lowest BCUT2D eigenvalue weighted by Crippen LogP contribution is -2.03. The van der Waals surface area contributed by atoms with Crippen LogP contribution in [0, 0.1) is 12.7 Å². The maximum atomic E-state index is 13.6. The van der Waals surface area contributed by atoms with E-state index in [0.29, 0.717) is 17.3 Å². The second-order valence-corrected chi connectivity index (χ2v) is 5.31. The molecule has 94 valence electrons. The quantitative estimate of drug-likeness (QED) is 0.820. The number of rotatable bonds is 3. The number of halogens is 3. The van der Waals surface area contributed by atoms with Crippen LogP contribution in [-0.4, -0.2) is 0 Å². The van der Waals surface area contributed by atoms with Crippen molar-refractivity contribution >= 4 is 33.2 Å². The number of benzene rings is 2. The van der Waals surface area contributed by atoms with Crippen molar-refractivity contribution in [1.82, 2.24) is 0 Å². The van der Waals surface area contributed by atoms with Gasteiger partial charge in [0.25, 0.3) is 0 Å². The second-order valence-electron chi connectivity index (χ2n) is 4.02. The third kappa shape index (κ3) is 3.03. The molecule has 0 fully saturated rings. The average molecular weight is 329 g/mol. The van der Waals surface area contributed by atoms with E-state index in [0.717, 1.165) is 15.6 Å². The minimum absolute atomic E-state index is 0.236. The Kier molecular flexibility index (Phi) is 4.25.